The highest BCUT2D eigenvalue weighted by molar-refractivity contribution is 5.66. The first-order valence-electron chi connectivity index (χ1n) is 9.30. The molecule has 0 rings (SSSR count). The van der Waals surface area contributed by atoms with Crippen LogP contribution >= 0.6 is 0 Å². The maximum atomic E-state index is 10.2. The molecule has 3 heteroatoms. The third kappa shape index (κ3) is 21.7. The van der Waals surface area contributed by atoms with Crippen LogP contribution in [-0.2, 0) is 4.79 Å². The molecule has 0 aliphatic carbocycles. The Labute approximate surface area is 138 Å². The minimum Gasteiger partial charge on any atom is -0.481 e. The Balaban J connectivity index is 0. The molecule has 0 unspecified atom stereocenters. The van der Waals surface area contributed by atoms with Crippen LogP contribution in [0.25, 0.3) is 0 Å². The quantitative estimate of drug-likeness (QED) is 0.431. The predicted octanol–water partition coefficient (Wildman–Crippen LogP) is 5.65. The van der Waals surface area contributed by atoms with Gasteiger partial charge in [-0.15, -0.1) is 0 Å². The summed E-state index contributed by atoms with van der Waals surface area (Å²) in [5.41, 5.74) is 0. The SMILES string of the molecule is CC[C@H](C)CCCCCC(=O)O.CC[C@H](C)CCCCCO. The average Bonchev–Trinajstić information content (AvgIpc) is 2.51. The van der Waals surface area contributed by atoms with E-state index in [1.807, 2.05) is 0 Å². The van der Waals surface area contributed by atoms with E-state index in [0.717, 1.165) is 31.1 Å². The molecule has 3 nitrogen and oxygen atoms in total. The molecule has 2 N–H and O–H groups in total. The molecular formula is C19H40O3. The predicted molar refractivity (Wildman–Crippen MR) is 95.2 cm³/mol. The van der Waals surface area contributed by atoms with Gasteiger partial charge in [0.15, 0.2) is 0 Å². The summed E-state index contributed by atoms with van der Waals surface area (Å²) >= 11 is 0. The van der Waals surface area contributed by atoms with Crippen LogP contribution in [0.2, 0.25) is 0 Å². The van der Waals surface area contributed by atoms with Crippen LogP contribution in [0, 0.1) is 11.8 Å². The molecule has 0 amide bonds. The number of aliphatic hydroxyl groups is 1. The smallest absolute Gasteiger partial charge is 0.303 e. The van der Waals surface area contributed by atoms with E-state index in [2.05, 4.69) is 27.7 Å². The molecule has 2 atom stereocenters. The molecule has 134 valence electrons. The molecule has 0 heterocycles. The Morgan fingerprint density at radius 2 is 1.27 bits per heavy atom. The molecule has 0 radical (unpaired) electrons. The van der Waals surface area contributed by atoms with Crippen LogP contribution in [0.5, 0.6) is 0 Å². The van der Waals surface area contributed by atoms with E-state index in [0.29, 0.717) is 13.0 Å². The second-order valence-electron chi connectivity index (χ2n) is 6.59. The van der Waals surface area contributed by atoms with Crippen molar-refractivity contribution >= 4 is 5.97 Å². The van der Waals surface area contributed by atoms with Gasteiger partial charge in [0, 0.05) is 13.0 Å². The molecule has 0 fully saturated rings. The summed E-state index contributed by atoms with van der Waals surface area (Å²) in [6.45, 7) is 9.33. The van der Waals surface area contributed by atoms with E-state index in [-0.39, 0.29) is 0 Å². The first kappa shape index (κ1) is 23.7. The third-order valence-electron chi connectivity index (χ3n) is 4.34. The molecule has 0 aromatic carbocycles. The summed E-state index contributed by atoms with van der Waals surface area (Å²) in [7, 11) is 0. The van der Waals surface area contributed by atoms with Gasteiger partial charge in [0.1, 0.15) is 0 Å². The lowest BCUT2D eigenvalue weighted by atomic mass is 10.0. The summed E-state index contributed by atoms with van der Waals surface area (Å²) in [4.78, 5) is 10.2. The summed E-state index contributed by atoms with van der Waals surface area (Å²) in [5, 5.41) is 16.9. The van der Waals surface area contributed by atoms with Gasteiger partial charge in [0.2, 0.25) is 0 Å². The molecule has 0 spiro atoms. The second-order valence-corrected chi connectivity index (χ2v) is 6.59. The number of hydrogen-bond acceptors (Lipinski definition) is 2. The zero-order chi connectivity index (χ0) is 17.2. The van der Waals surface area contributed by atoms with Gasteiger partial charge in [0.05, 0.1) is 0 Å². The molecule has 0 aromatic heterocycles. The summed E-state index contributed by atoms with van der Waals surface area (Å²) < 4.78 is 0. The van der Waals surface area contributed by atoms with Crippen LogP contribution in [0.3, 0.4) is 0 Å². The van der Waals surface area contributed by atoms with Gasteiger partial charge in [-0.05, 0) is 24.7 Å². The number of unbranched alkanes of at least 4 members (excludes halogenated alkanes) is 4. The number of carboxylic acid groups (broad SMARTS) is 1. The van der Waals surface area contributed by atoms with E-state index in [4.69, 9.17) is 10.2 Å². The van der Waals surface area contributed by atoms with Crippen LogP contribution in [0.1, 0.15) is 98.3 Å². The number of carboxylic acids is 1. The molecule has 0 bridgehead atoms. The minimum absolute atomic E-state index is 0.334. The fraction of sp³-hybridized carbons (Fsp3) is 0.947. The van der Waals surface area contributed by atoms with Crippen molar-refractivity contribution in [2.75, 3.05) is 6.61 Å². The maximum absolute atomic E-state index is 10.2. The number of aliphatic carboxylic acids is 1. The standard InChI is InChI=1S/C10H20O2.C9H20O/c1-3-9(2)7-5-4-6-8-10(11)12;1-3-9(2)7-5-4-6-8-10/h9H,3-8H2,1-2H3,(H,11,12);9-10H,3-8H2,1-2H3/t2*9-/m00/s1. The summed E-state index contributed by atoms with van der Waals surface area (Å²) in [5.74, 6) is 1.01. The van der Waals surface area contributed by atoms with Gasteiger partial charge in [0.25, 0.3) is 0 Å². The van der Waals surface area contributed by atoms with E-state index in [1.54, 1.807) is 0 Å². The number of carbonyl (C=O) groups is 1. The lowest BCUT2D eigenvalue weighted by molar-refractivity contribution is -0.137. The van der Waals surface area contributed by atoms with Crippen molar-refractivity contribution < 1.29 is 15.0 Å². The van der Waals surface area contributed by atoms with Gasteiger partial charge >= 0.3 is 5.97 Å². The van der Waals surface area contributed by atoms with Crippen LogP contribution in [-0.4, -0.2) is 22.8 Å². The normalized spacial score (nSPS) is 13.1. The zero-order valence-corrected chi connectivity index (χ0v) is 15.4. The Morgan fingerprint density at radius 1 is 0.818 bits per heavy atom. The molecule has 0 saturated carbocycles. The van der Waals surface area contributed by atoms with Gasteiger partial charge < -0.3 is 10.2 Å². The first-order chi connectivity index (χ1) is 10.5. The third-order valence-corrected chi connectivity index (χ3v) is 4.34. The average molecular weight is 317 g/mol. The number of hydrogen-bond donors (Lipinski definition) is 2. The number of aliphatic hydroxyl groups excluding tert-OH is 1. The number of rotatable bonds is 13. The Bertz CT molecular complexity index is 229. The van der Waals surface area contributed by atoms with Gasteiger partial charge in [-0.2, -0.15) is 0 Å². The minimum atomic E-state index is -0.668. The van der Waals surface area contributed by atoms with E-state index in [9.17, 15) is 4.79 Å². The van der Waals surface area contributed by atoms with Crippen molar-refractivity contribution in [3.05, 3.63) is 0 Å². The molecule has 22 heavy (non-hydrogen) atoms. The molecule has 0 saturated heterocycles. The molecule has 0 aliphatic heterocycles. The monoisotopic (exact) mass is 316 g/mol. The van der Waals surface area contributed by atoms with Crippen molar-refractivity contribution in [1.82, 2.24) is 0 Å². The fourth-order valence-electron chi connectivity index (χ4n) is 2.14. The van der Waals surface area contributed by atoms with Gasteiger partial charge in [-0.25, -0.2) is 0 Å². The lowest BCUT2D eigenvalue weighted by Crippen LogP contribution is -1.95. The van der Waals surface area contributed by atoms with Crippen molar-refractivity contribution in [2.24, 2.45) is 11.8 Å². The lowest BCUT2D eigenvalue weighted by Gasteiger charge is -2.06. The van der Waals surface area contributed by atoms with E-state index < -0.39 is 5.97 Å². The zero-order valence-electron chi connectivity index (χ0n) is 15.4. The van der Waals surface area contributed by atoms with E-state index >= 15 is 0 Å². The highest BCUT2D eigenvalue weighted by atomic mass is 16.4. The van der Waals surface area contributed by atoms with Crippen molar-refractivity contribution in [2.45, 2.75) is 98.3 Å². The Hall–Kier alpha value is -0.570. The topological polar surface area (TPSA) is 57.5 Å². The van der Waals surface area contributed by atoms with Crippen molar-refractivity contribution in [1.29, 1.82) is 0 Å². The summed E-state index contributed by atoms with van der Waals surface area (Å²) in [6, 6.07) is 0. The second kappa shape index (κ2) is 18.5. The maximum Gasteiger partial charge on any atom is 0.303 e. The van der Waals surface area contributed by atoms with Crippen LogP contribution in [0.15, 0.2) is 0 Å². The van der Waals surface area contributed by atoms with Crippen LogP contribution < -0.4 is 0 Å². The Morgan fingerprint density at radius 3 is 1.64 bits per heavy atom. The Kier molecular flexibility index (Phi) is 19.9. The fourth-order valence-corrected chi connectivity index (χ4v) is 2.14. The van der Waals surface area contributed by atoms with Gasteiger partial charge in [-0.1, -0.05) is 79.1 Å². The molecule has 0 aliphatic rings. The van der Waals surface area contributed by atoms with Crippen molar-refractivity contribution in [3.8, 4) is 0 Å². The molecular weight excluding hydrogens is 276 g/mol. The van der Waals surface area contributed by atoms with E-state index in [1.165, 1.54) is 44.9 Å². The van der Waals surface area contributed by atoms with Crippen molar-refractivity contribution in [3.63, 3.8) is 0 Å². The highest BCUT2D eigenvalue weighted by Crippen LogP contribution is 2.13. The first-order valence-corrected chi connectivity index (χ1v) is 9.30. The largest absolute Gasteiger partial charge is 0.481 e. The summed E-state index contributed by atoms with van der Waals surface area (Å²) in [6.07, 6.45) is 12.0. The van der Waals surface area contributed by atoms with Gasteiger partial charge in [-0.3, -0.25) is 4.79 Å². The highest BCUT2D eigenvalue weighted by Gasteiger charge is 1.99. The molecule has 0 aromatic rings. The van der Waals surface area contributed by atoms with Crippen LogP contribution in [0.4, 0.5) is 0 Å².